The molecule has 1 heterocycles. The van der Waals surface area contributed by atoms with Gasteiger partial charge < -0.3 is 16.0 Å². The second-order valence-electron chi connectivity index (χ2n) is 5.28. The number of piperidine rings is 1. The molecular formula is C15H21N3O2. The van der Waals surface area contributed by atoms with Crippen molar-refractivity contribution < 1.29 is 9.59 Å². The summed E-state index contributed by atoms with van der Waals surface area (Å²) < 4.78 is 0. The van der Waals surface area contributed by atoms with Crippen LogP contribution in [0, 0.1) is 12.8 Å². The van der Waals surface area contributed by atoms with Crippen molar-refractivity contribution in [3.63, 3.8) is 0 Å². The van der Waals surface area contributed by atoms with Crippen molar-refractivity contribution in [2.45, 2.75) is 19.8 Å². The van der Waals surface area contributed by atoms with Gasteiger partial charge >= 0.3 is 0 Å². The van der Waals surface area contributed by atoms with Crippen LogP contribution in [0.5, 0.6) is 0 Å². The third kappa shape index (κ3) is 2.92. The van der Waals surface area contributed by atoms with Crippen molar-refractivity contribution in [1.82, 2.24) is 10.2 Å². The van der Waals surface area contributed by atoms with Crippen molar-refractivity contribution in [3.05, 3.63) is 29.3 Å². The van der Waals surface area contributed by atoms with Crippen molar-refractivity contribution in [3.8, 4) is 0 Å². The number of carbonyl (C=O) groups excluding carboxylic acids is 2. The second kappa shape index (κ2) is 5.94. The van der Waals surface area contributed by atoms with E-state index >= 15 is 0 Å². The lowest BCUT2D eigenvalue weighted by atomic mass is 9.96. The van der Waals surface area contributed by atoms with E-state index in [9.17, 15) is 9.59 Å². The Morgan fingerprint density at radius 2 is 2.15 bits per heavy atom. The molecule has 1 aliphatic rings. The lowest BCUT2D eigenvalue weighted by Gasteiger charge is -2.32. The molecule has 0 radical (unpaired) electrons. The maximum atomic E-state index is 12.5. The van der Waals surface area contributed by atoms with Crippen LogP contribution >= 0.6 is 0 Å². The molecule has 1 aromatic rings. The predicted octanol–water partition coefficient (Wildman–Crippen LogP) is 1.18. The van der Waals surface area contributed by atoms with Gasteiger partial charge in [-0.15, -0.1) is 0 Å². The molecule has 3 N–H and O–H groups in total. The third-order valence-corrected chi connectivity index (χ3v) is 3.84. The molecule has 0 aliphatic carbocycles. The van der Waals surface area contributed by atoms with E-state index in [1.54, 1.807) is 30.1 Å². The summed E-state index contributed by atoms with van der Waals surface area (Å²) in [5.41, 5.74) is 7.99. The van der Waals surface area contributed by atoms with E-state index in [1.807, 2.05) is 6.92 Å². The topological polar surface area (TPSA) is 75.4 Å². The second-order valence-corrected chi connectivity index (χ2v) is 5.28. The van der Waals surface area contributed by atoms with Crippen LogP contribution in [0.15, 0.2) is 18.2 Å². The van der Waals surface area contributed by atoms with Gasteiger partial charge in [0.25, 0.3) is 5.91 Å². The average molecular weight is 275 g/mol. The van der Waals surface area contributed by atoms with Gasteiger partial charge in [-0.3, -0.25) is 9.59 Å². The molecule has 5 heteroatoms. The van der Waals surface area contributed by atoms with Crippen molar-refractivity contribution >= 4 is 17.5 Å². The number of hydrogen-bond donors (Lipinski definition) is 2. The van der Waals surface area contributed by atoms with Gasteiger partial charge in [0.05, 0.1) is 5.92 Å². The summed E-state index contributed by atoms with van der Waals surface area (Å²) in [4.78, 5) is 25.9. The van der Waals surface area contributed by atoms with Crippen LogP contribution in [-0.2, 0) is 4.79 Å². The fourth-order valence-electron chi connectivity index (χ4n) is 2.57. The average Bonchev–Trinajstić information content (AvgIpc) is 2.48. The Morgan fingerprint density at radius 1 is 1.40 bits per heavy atom. The van der Waals surface area contributed by atoms with Crippen LogP contribution in [0.1, 0.15) is 28.8 Å². The summed E-state index contributed by atoms with van der Waals surface area (Å²) in [5, 5.41) is 2.66. The van der Waals surface area contributed by atoms with Gasteiger partial charge in [-0.05, 0) is 43.5 Å². The molecule has 20 heavy (non-hydrogen) atoms. The Kier molecular flexibility index (Phi) is 4.27. The number of nitrogens with zero attached hydrogens (tertiary/aromatic N) is 1. The van der Waals surface area contributed by atoms with Crippen LogP contribution in [0.25, 0.3) is 0 Å². The first-order valence-corrected chi connectivity index (χ1v) is 6.90. The van der Waals surface area contributed by atoms with Crippen LogP contribution < -0.4 is 11.1 Å². The van der Waals surface area contributed by atoms with E-state index in [0.29, 0.717) is 24.3 Å². The fraction of sp³-hybridized carbons (Fsp3) is 0.467. The Labute approximate surface area is 119 Å². The van der Waals surface area contributed by atoms with Crippen LogP contribution in [0.4, 0.5) is 5.69 Å². The first kappa shape index (κ1) is 14.4. The summed E-state index contributed by atoms with van der Waals surface area (Å²) in [5.74, 6) is -0.120. The minimum absolute atomic E-state index is 0.0102. The summed E-state index contributed by atoms with van der Waals surface area (Å²) in [6.07, 6.45) is 1.70. The fourth-order valence-corrected chi connectivity index (χ4v) is 2.57. The Balaban J connectivity index is 2.12. The number of anilines is 1. The molecule has 0 bridgehead atoms. The number of hydrogen-bond acceptors (Lipinski definition) is 3. The van der Waals surface area contributed by atoms with Gasteiger partial charge in [-0.2, -0.15) is 0 Å². The van der Waals surface area contributed by atoms with E-state index in [-0.39, 0.29) is 17.7 Å². The van der Waals surface area contributed by atoms with Gasteiger partial charge in [-0.1, -0.05) is 0 Å². The minimum atomic E-state index is -0.104. The van der Waals surface area contributed by atoms with Gasteiger partial charge in [0, 0.05) is 31.4 Å². The van der Waals surface area contributed by atoms with E-state index in [0.717, 1.165) is 18.4 Å². The first-order chi connectivity index (χ1) is 9.52. The maximum absolute atomic E-state index is 12.5. The smallest absolute Gasteiger partial charge is 0.253 e. The van der Waals surface area contributed by atoms with Gasteiger partial charge in [0.15, 0.2) is 0 Å². The van der Waals surface area contributed by atoms with Crippen LogP contribution in [0.3, 0.4) is 0 Å². The maximum Gasteiger partial charge on any atom is 0.253 e. The Bertz CT molecular complexity index is 528. The number of nitrogens with two attached hydrogens (primary N) is 1. The highest BCUT2D eigenvalue weighted by atomic mass is 16.2. The molecule has 1 atom stereocenters. The normalized spacial score (nSPS) is 18.7. The SMILES string of the molecule is CNC(=O)C1CCCN(C(=O)c2ccc(N)c(C)c2)C1. The standard InChI is InChI=1S/C15H21N3O2/c1-10-8-11(5-6-13(10)16)15(20)18-7-3-4-12(9-18)14(19)17-2/h5-6,8,12H,3-4,7,9,16H2,1-2H3,(H,17,19). The molecule has 1 aliphatic heterocycles. The highest BCUT2D eigenvalue weighted by Gasteiger charge is 2.28. The summed E-state index contributed by atoms with van der Waals surface area (Å²) in [6.45, 7) is 3.08. The van der Waals surface area contributed by atoms with Gasteiger partial charge in [0.1, 0.15) is 0 Å². The number of rotatable bonds is 2. The molecule has 0 spiro atoms. The number of benzene rings is 1. The van der Waals surface area contributed by atoms with Gasteiger partial charge in [0.2, 0.25) is 5.91 Å². The summed E-state index contributed by atoms with van der Waals surface area (Å²) in [6, 6.07) is 5.30. The lowest BCUT2D eigenvalue weighted by molar-refractivity contribution is -0.125. The monoisotopic (exact) mass is 275 g/mol. The summed E-state index contributed by atoms with van der Waals surface area (Å²) in [7, 11) is 1.63. The molecule has 0 aromatic heterocycles. The first-order valence-electron chi connectivity index (χ1n) is 6.90. The van der Waals surface area contributed by atoms with Crippen molar-refractivity contribution in [1.29, 1.82) is 0 Å². The Hall–Kier alpha value is -2.04. The molecule has 1 unspecified atom stereocenters. The Morgan fingerprint density at radius 3 is 2.80 bits per heavy atom. The third-order valence-electron chi connectivity index (χ3n) is 3.84. The zero-order valence-corrected chi connectivity index (χ0v) is 12.0. The number of likely N-dealkylation sites (tertiary alicyclic amines) is 1. The molecule has 2 rings (SSSR count). The molecule has 1 fully saturated rings. The number of amides is 2. The van der Waals surface area contributed by atoms with E-state index in [1.165, 1.54) is 0 Å². The van der Waals surface area contributed by atoms with Crippen molar-refractivity contribution in [2.24, 2.45) is 5.92 Å². The minimum Gasteiger partial charge on any atom is -0.399 e. The molecule has 2 amide bonds. The van der Waals surface area contributed by atoms with E-state index < -0.39 is 0 Å². The number of nitrogen functional groups attached to an aromatic ring is 1. The van der Waals surface area contributed by atoms with Gasteiger partial charge in [-0.25, -0.2) is 0 Å². The molecule has 108 valence electrons. The van der Waals surface area contributed by atoms with Crippen molar-refractivity contribution in [2.75, 3.05) is 25.9 Å². The predicted molar refractivity (Wildman–Crippen MR) is 78.3 cm³/mol. The molecule has 1 saturated heterocycles. The van der Waals surface area contributed by atoms with E-state index in [2.05, 4.69) is 5.32 Å². The lowest BCUT2D eigenvalue weighted by Crippen LogP contribution is -2.44. The van der Waals surface area contributed by atoms with Crippen LogP contribution in [-0.4, -0.2) is 36.9 Å². The van der Waals surface area contributed by atoms with Crippen LogP contribution in [0.2, 0.25) is 0 Å². The molecule has 1 aromatic carbocycles. The molecule has 0 saturated carbocycles. The largest absolute Gasteiger partial charge is 0.399 e. The number of aryl methyl sites for hydroxylation is 1. The molecular weight excluding hydrogens is 254 g/mol. The highest BCUT2D eigenvalue weighted by Crippen LogP contribution is 2.20. The molecule has 5 nitrogen and oxygen atoms in total. The number of carbonyl (C=O) groups is 2. The quantitative estimate of drug-likeness (QED) is 0.796. The zero-order valence-electron chi connectivity index (χ0n) is 12.0. The highest BCUT2D eigenvalue weighted by molar-refractivity contribution is 5.95. The number of nitrogens with one attached hydrogen (secondary N) is 1. The zero-order chi connectivity index (χ0) is 14.7. The summed E-state index contributed by atoms with van der Waals surface area (Å²) >= 11 is 0. The van der Waals surface area contributed by atoms with E-state index in [4.69, 9.17) is 5.73 Å².